The zero-order chi connectivity index (χ0) is 18.2. The first-order valence-corrected chi connectivity index (χ1v) is 7.29. The van der Waals surface area contributed by atoms with Crippen LogP contribution in [0.1, 0.15) is 27.4 Å². The molecular formula is C17H13F3N2O3. The second-order valence-electron chi connectivity index (χ2n) is 5.41. The molecule has 0 atom stereocenters. The molecule has 130 valence electrons. The van der Waals surface area contributed by atoms with Crippen molar-refractivity contribution in [3.05, 3.63) is 59.1 Å². The summed E-state index contributed by atoms with van der Waals surface area (Å²) >= 11 is 0. The van der Waals surface area contributed by atoms with Crippen molar-refractivity contribution < 1.29 is 27.5 Å². The van der Waals surface area contributed by atoms with Crippen molar-refractivity contribution in [1.29, 1.82) is 0 Å². The number of rotatable bonds is 4. The molecule has 0 radical (unpaired) electrons. The van der Waals surface area contributed by atoms with Crippen molar-refractivity contribution >= 4 is 22.6 Å². The molecule has 8 heteroatoms. The third kappa shape index (κ3) is 3.28. The first-order valence-electron chi connectivity index (χ1n) is 7.29. The second-order valence-corrected chi connectivity index (χ2v) is 5.41. The molecule has 0 unspecified atom stereocenters. The zero-order valence-corrected chi connectivity index (χ0v) is 13.0. The number of benzene rings is 1. The first kappa shape index (κ1) is 16.8. The van der Waals surface area contributed by atoms with E-state index in [0.717, 1.165) is 6.20 Å². The molecule has 0 aliphatic rings. The van der Waals surface area contributed by atoms with Crippen molar-refractivity contribution in [2.75, 3.05) is 5.32 Å². The van der Waals surface area contributed by atoms with Crippen LogP contribution >= 0.6 is 0 Å². The van der Waals surface area contributed by atoms with Crippen LogP contribution in [0.25, 0.3) is 11.0 Å². The minimum atomic E-state index is -4.54. The van der Waals surface area contributed by atoms with Crippen LogP contribution < -0.4 is 5.32 Å². The van der Waals surface area contributed by atoms with Gasteiger partial charge in [0.2, 0.25) is 0 Å². The number of nitrogens with zero attached hydrogens (tertiary/aromatic N) is 1. The van der Waals surface area contributed by atoms with Crippen LogP contribution in [-0.2, 0) is 12.7 Å². The van der Waals surface area contributed by atoms with Crippen molar-refractivity contribution in [2.24, 2.45) is 0 Å². The van der Waals surface area contributed by atoms with Crippen LogP contribution in [0.4, 0.5) is 18.9 Å². The predicted octanol–water partition coefficient (Wildman–Crippen LogP) is 4.47. The molecule has 2 heterocycles. The van der Waals surface area contributed by atoms with Gasteiger partial charge in [0, 0.05) is 29.4 Å². The van der Waals surface area contributed by atoms with Gasteiger partial charge >= 0.3 is 12.1 Å². The molecule has 0 saturated carbocycles. The number of hydrogen-bond acceptors (Lipinski definition) is 4. The molecule has 0 saturated heterocycles. The molecule has 1 aromatic carbocycles. The Morgan fingerprint density at radius 1 is 1.32 bits per heavy atom. The molecule has 2 N–H and O–H groups in total. The Morgan fingerprint density at radius 3 is 2.76 bits per heavy atom. The molecule has 0 aliphatic heterocycles. The lowest BCUT2D eigenvalue weighted by molar-refractivity contribution is -0.141. The van der Waals surface area contributed by atoms with E-state index in [4.69, 9.17) is 4.42 Å². The van der Waals surface area contributed by atoms with Gasteiger partial charge in [0.05, 0.1) is 0 Å². The number of carboxylic acid groups (broad SMARTS) is 1. The van der Waals surface area contributed by atoms with E-state index < -0.39 is 17.8 Å². The van der Waals surface area contributed by atoms with Crippen LogP contribution in [0.5, 0.6) is 0 Å². The Kier molecular flexibility index (Phi) is 4.12. The lowest BCUT2D eigenvalue weighted by Crippen LogP contribution is -2.14. The molecular weight excluding hydrogens is 337 g/mol. The third-order valence-electron chi connectivity index (χ3n) is 3.72. The standard InChI is InChI=1S/C17H13F3N2O3/c1-9-14(16(23)24)12-7-11(4-5-13(12)25-9)22-8-10-3-2-6-21-15(10)17(18,19)20/h2-7,22H,8H2,1H3,(H,23,24). The summed E-state index contributed by atoms with van der Waals surface area (Å²) < 4.78 is 44.3. The van der Waals surface area contributed by atoms with E-state index in [2.05, 4.69) is 10.3 Å². The van der Waals surface area contributed by atoms with Crippen molar-refractivity contribution in [3.63, 3.8) is 0 Å². The molecule has 0 spiro atoms. The number of carbonyl (C=O) groups is 1. The van der Waals surface area contributed by atoms with E-state index >= 15 is 0 Å². The Balaban J connectivity index is 1.90. The van der Waals surface area contributed by atoms with Gasteiger partial charge in [0.15, 0.2) is 0 Å². The SMILES string of the molecule is Cc1oc2ccc(NCc3cccnc3C(F)(F)F)cc2c1C(=O)O. The quantitative estimate of drug-likeness (QED) is 0.726. The van der Waals surface area contributed by atoms with Gasteiger partial charge in [-0.3, -0.25) is 4.98 Å². The van der Waals surface area contributed by atoms with Gasteiger partial charge in [0.1, 0.15) is 22.6 Å². The lowest BCUT2D eigenvalue weighted by Gasteiger charge is -2.12. The fraction of sp³-hybridized carbons (Fsp3) is 0.176. The number of aryl methyl sites for hydroxylation is 1. The number of fused-ring (bicyclic) bond motifs is 1. The third-order valence-corrected chi connectivity index (χ3v) is 3.72. The van der Waals surface area contributed by atoms with Crippen LogP contribution in [0.15, 0.2) is 40.9 Å². The van der Waals surface area contributed by atoms with Gasteiger partial charge in [-0.2, -0.15) is 13.2 Å². The highest BCUT2D eigenvalue weighted by atomic mass is 19.4. The highest BCUT2D eigenvalue weighted by molar-refractivity contribution is 6.04. The molecule has 0 amide bonds. The number of furan rings is 1. The fourth-order valence-corrected chi connectivity index (χ4v) is 2.63. The summed E-state index contributed by atoms with van der Waals surface area (Å²) in [5.74, 6) is -0.855. The summed E-state index contributed by atoms with van der Waals surface area (Å²) in [7, 11) is 0. The van der Waals surface area contributed by atoms with E-state index in [1.54, 1.807) is 25.1 Å². The van der Waals surface area contributed by atoms with Crippen LogP contribution in [-0.4, -0.2) is 16.1 Å². The number of pyridine rings is 1. The Morgan fingerprint density at radius 2 is 2.08 bits per heavy atom. The summed E-state index contributed by atoms with van der Waals surface area (Å²) in [6.45, 7) is 1.44. The summed E-state index contributed by atoms with van der Waals surface area (Å²) in [5.41, 5.74) is -0.0347. The van der Waals surface area contributed by atoms with E-state index in [9.17, 15) is 23.1 Å². The van der Waals surface area contributed by atoms with Gasteiger partial charge in [-0.15, -0.1) is 0 Å². The van der Waals surface area contributed by atoms with Crippen molar-refractivity contribution in [3.8, 4) is 0 Å². The molecule has 0 bridgehead atoms. The number of halogens is 3. The van der Waals surface area contributed by atoms with Crippen LogP contribution in [0, 0.1) is 6.92 Å². The van der Waals surface area contributed by atoms with Gasteiger partial charge in [-0.05, 0) is 31.2 Å². The summed E-state index contributed by atoms with van der Waals surface area (Å²) in [4.78, 5) is 14.7. The predicted molar refractivity (Wildman–Crippen MR) is 84.5 cm³/mol. The monoisotopic (exact) mass is 350 g/mol. The lowest BCUT2D eigenvalue weighted by atomic mass is 10.1. The zero-order valence-electron chi connectivity index (χ0n) is 13.0. The minimum absolute atomic E-state index is 0.00284. The molecule has 25 heavy (non-hydrogen) atoms. The highest BCUT2D eigenvalue weighted by Crippen LogP contribution is 2.31. The molecule has 0 aliphatic carbocycles. The van der Waals surface area contributed by atoms with Gasteiger partial charge < -0.3 is 14.8 Å². The average molecular weight is 350 g/mol. The van der Waals surface area contributed by atoms with Gasteiger partial charge in [-0.1, -0.05) is 6.07 Å². The Hall–Kier alpha value is -3.03. The number of carboxylic acids is 1. The molecule has 0 fully saturated rings. The number of anilines is 1. The number of nitrogens with one attached hydrogen (secondary N) is 1. The van der Waals surface area contributed by atoms with Crippen molar-refractivity contribution in [1.82, 2.24) is 4.98 Å². The topological polar surface area (TPSA) is 75.4 Å². The van der Waals surface area contributed by atoms with E-state index in [0.29, 0.717) is 16.7 Å². The highest BCUT2D eigenvalue weighted by Gasteiger charge is 2.34. The van der Waals surface area contributed by atoms with Crippen molar-refractivity contribution in [2.45, 2.75) is 19.6 Å². The number of aromatic nitrogens is 1. The van der Waals surface area contributed by atoms with E-state index in [1.165, 1.54) is 12.1 Å². The number of alkyl halides is 3. The minimum Gasteiger partial charge on any atom is -0.478 e. The second kappa shape index (κ2) is 6.12. The summed E-state index contributed by atoms with van der Waals surface area (Å²) in [6, 6.07) is 7.49. The number of hydrogen-bond donors (Lipinski definition) is 2. The fourth-order valence-electron chi connectivity index (χ4n) is 2.63. The van der Waals surface area contributed by atoms with Crippen LogP contribution in [0.3, 0.4) is 0 Å². The maximum Gasteiger partial charge on any atom is 0.433 e. The van der Waals surface area contributed by atoms with E-state index in [-0.39, 0.29) is 23.4 Å². The summed E-state index contributed by atoms with van der Waals surface area (Å²) in [6.07, 6.45) is -3.45. The number of aromatic carboxylic acids is 1. The van der Waals surface area contributed by atoms with Gasteiger partial charge in [-0.25, -0.2) is 4.79 Å². The van der Waals surface area contributed by atoms with Gasteiger partial charge in [0.25, 0.3) is 0 Å². The molecule has 2 aromatic heterocycles. The molecule has 5 nitrogen and oxygen atoms in total. The maximum atomic E-state index is 13.0. The van der Waals surface area contributed by atoms with E-state index in [1.807, 2.05) is 0 Å². The largest absolute Gasteiger partial charge is 0.478 e. The summed E-state index contributed by atoms with van der Waals surface area (Å²) in [5, 5.41) is 12.5. The first-order chi connectivity index (χ1) is 11.8. The molecule has 3 aromatic rings. The Bertz CT molecular complexity index is 948. The smallest absolute Gasteiger partial charge is 0.433 e. The van der Waals surface area contributed by atoms with Crippen LogP contribution in [0.2, 0.25) is 0 Å². The average Bonchev–Trinajstić information content (AvgIpc) is 2.87. The Labute approximate surface area is 140 Å². The normalized spacial score (nSPS) is 11.7. The maximum absolute atomic E-state index is 13.0. The molecule has 3 rings (SSSR count).